The van der Waals surface area contributed by atoms with E-state index in [0.29, 0.717) is 18.0 Å². The second kappa shape index (κ2) is 9.83. The fourth-order valence-corrected chi connectivity index (χ4v) is 2.42. The van der Waals surface area contributed by atoms with E-state index in [9.17, 15) is 4.79 Å². The van der Waals surface area contributed by atoms with Gasteiger partial charge in [-0.25, -0.2) is 0 Å². The smallest absolute Gasteiger partial charge is 0.248 e. The van der Waals surface area contributed by atoms with E-state index < -0.39 is 0 Å². The maximum absolute atomic E-state index is 12.1. The molecule has 0 aliphatic heterocycles. The predicted octanol–water partition coefficient (Wildman–Crippen LogP) is 6.15. The zero-order valence-corrected chi connectivity index (χ0v) is 15.6. The molecule has 0 radical (unpaired) electrons. The second-order valence-corrected chi connectivity index (χ2v) is 5.91. The van der Waals surface area contributed by atoms with Gasteiger partial charge in [0.15, 0.2) is 0 Å². The highest BCUT2D eigenvalue weighted by Crippen LogP contribution is 2.20. The third-order valence-electron chi connectivity index (χ3n) is 3.79. The van der Waals surface area contributed by atoms with Gasteiger partial charge in [-0.1, -0.05) is 30.3 Å². The summed E-state index contributed by atoms with van der Waals surface area (Å²) in [4.78, 5) is 12.1. The van der Waals surface area contributed by atoms with Crippen molar-refractivity contribution in [1.29, 1.82) is 0 Å². The summed E-state index contributed by atoms with van der Waals surface area (Å²) in [6, 6.07) is 24.3. The molecule has 0 aliphatic carbocycles. The van der Waals surface area contributed by atoms with Crippen LogP contribution in [-0.2, 0) is 4.79 Å². The van der Waals surface area contributed by atoms with Crippen molar-refractivity contribution >= 4 is 29.0 Å². The number of benzene rings is 3. The Kier molecular flexibility index (Phi) is 6.68. The summed E-state index contributed by atoms with van der Waals surface area (Å²) in [5.74, 6) is 0.612. The van der Waals surface area contributed by atoms with E-state index in [1.54, 1.807) is 30.3 Å². The fraction of sp³-hybridized carbons (Fsp3) is 0.0870. The van der Waals surface area contributed by atoms with Crippen LogP contribution in [-0.4, -0.2) is 12.5 Å². The van der Waals surface area contributed by atoms with Crippen LogP contribution in [0.4, 0.5) is 17.1 Å². The molecular weight excluding hydrogens is 350 g/mol. The van der Waals surface area contributed by atoms with E-state index in [4.69, 9.17) is 4.74 Å². The fourth-order valence-electron chi connectivity index (χ4n) is 2.42. The Labute approximate surface area is 164 Å². The molecule has 0 saturated heterocycles. The molecule has 0 heterocycles. The summed E-state index contributed by atoms with van der Waals surface area (Å²) in [6.07, 6.45) is 3.26. The average molecular weight is 371 g/mol. The van der Waals surface area contributed by atoms with Gasteiger partial charge in [0, 0.05) is 11.8 Å². The number of carbonyl (C=O) groups excluding carboxylic acids is 1. The number of nitrogens with one attached hydrogen (secondary N) is 1. The van der Waals surface area contributed by atoms with E-state index in [-0.39, 0.29) is 5.91 Å². The molecule has 0 aromatic heterocycles. The largest absolute Gasteiger partial charge is 0.494 e. The molecule has 0 fully saturated rings. The number of nitrogens with zero attached hydrogens (tertiary/aromatic N) is 2. The van der Waals surface area contributed by atoms with Gasteiger partial charge >= 0.3 is 0 Å². The lowest BCUT2D eigenvalue weighted by Crippen LogP contribution is -2.07. The minimum absolute atomic E-state index is 0.201. The molecule has 5 nitrogen and oxygen atoms in total. The molecule has 28 heavy (non-hydrogen) atoms. The van der Waals surface area contributed by atoms with Crippen LogP contribution < -0.4 is 10.1 Å². The third kappa shape index (κ3) is 5.92. The molecule has 3 aromatic rings. The lowest BCUT2D eigenvalue weighted by molar-refractivity contribution is -0.111. The van der Waals surface area contributed by atoms with Crippen molar-refractivity contribution in [2.24, 2.45) is 10.2 Å². The molecule has 0 spiro atoms. The minimum atomic E-state index is -0.201. The van der Waals surface area contributed by atoms with Crippen LogP contribution >= 0.6 is 0 Å². The van der Waals surface area contributed by atoms with Gasteiger partial charge in [-0.2, -0.15) is 10.2 Å². The first kappa shape index (κ1) is 19.0. The van der Waals surface area contributed by atoms with Crippen LogP contribution in [0.3, 0.4) is 0 Å². The number of rotatable bonds is 7. The van der Waals surface area contributed by atoms with E-state index in [2.05, 4.69) is 15.5 Å². The zero-order chi connectivity index (χ0) is 19.6. The minimum Gasteiger partial charge on any atom is -0.494 e. The molecule has 0 bridgehead atoms. The summed E-state index contributed by atoms with van der Waals surface area (Å²) < 4.78 is 5.40. The van der Waals surface area contributed by atoms with Crippen molar-refractivity contribution in [1.82, 2.24) is 0 Å². The topological polar surface area (TPSA) is 63.0 Å². The van der Waals surface area contributed by atoms with Crippen LogP contribution in [0.5, 0.6) is 5.75 Å². The Balaban J connectivity index is 1.54. The predicted molar refractivity (Wildman–Crippen MR) is 112 cm³/mol. The highest BCUT2D eigenvalue weighted by Gasteiger charge is 1.99. The van der Waals surface area contributed by atoms with Crippen molar-refractivity contribution in [3.05, 3.63) is 90.5 Å². The first-order valence-electron chi connectivity index (χ1n) is 9.02. The van der Waals surface area contributed by atoms with Gasteiger partial charge in [-0.3, -0.25) is 4.79 Å². The molecular formula is C23H21N3O2. The Morgan fingerprint density at radius 3 is 2.18 bits per heavy atom. The Bertz CT molecular complexity index is 947. The van der Waals surface area contributed by atoms with Gasteiger partial charge in [0.05, 0.1) is 18.0 Å². The van der Waals surface area contributed by atoms with E-state index in [1.165, 1.54) is 6.08 Å². The molecule has 3 rings (SSSR count). The van der Waals surface area contributed by atoms with Crippen molar-refractivity contribution in [2.75, 3.05) is 11.9 Å². The summed E-state index contributed by atoms with van der Waals surface area (Å²) in [5.41, 5.74) is 3.13. The molecule has 0 unspecified atom stereocenters. The quantitative estimate of drug-likeness (QED) is 0.400. The van der Waals surface area contributed by atoms with Crippen LogP contribution in [0.1, 0.15) is 12.5 Å². The molecule has 1 N–H and O–H groups in total. The van der Waals surface area contributed by atoms with Crippen molar-refractivity contribution in [3.8, 4) is 5.75 Å². The van der Waals surface area contributed by atoms with Crippen LogP contribution in [0.15, 0.2) is 95.2 Å². The number of azo groups is 1. The van der Waals surface area contributed by atoms with E-state index in [1.807, 2.05) is 61.5 Å². The monoisotopic (exact) mass is 371 g/mol. The molecule has 0 saturated carbocycles. The Hall–Kier alpha value is -3.73. The molecule has 1 amide bonds. The maximum atomic E-state index is 12.1. The number of hydrogen-bond donors (Lipinski definition) is 1. The van der Waals surface area contributed by atoms with Crippen molar-refractivity contribution < 1.29 is 9.53 Å². The van der Waals surface area contributed by atoms with Gasteiger partial charge < -0.3 is 10.1 Å². The van der Waals surface area contributed by atoms with Crippen LogP contribution in [0.2, 0.25) is 0 Å². The van der Waals surface area contributed by atoms with E-state index in [0.717, 1.165) is 17.0 Å². The standard InChI is InChI=1S/C23H21N3O2/c1-2-28-22-15-8-18(9-16-22)10-17-23(27)24-19-11-13-21(14-12-19)26-25-20-6-4-3-5-7-20/h3-17H,2H2,1H3,(H,24,27)/b17-10+,26-25?. The highest BCUT2D eigenvalue weighted by atomic mass is 16.5. The third-order valence-corrected chi connectivity index (χ3v) is 3.79. The van der Waals surface area contributed by atoms with Crippen molar-refractivity contribution in [2.45, 2.75) is 6.92 Å². The van der Waals surface area contributed by atoms with Gasteiger partial charge in [0.1, 0.15) is 5.75 Å². The van der Waals surface area contributed by atoms with Crippen LogP contribution in [0.25, 0.3) is 6.08 Å². The molecule has 5 heteroatoms. The number of hydrogen-bond acceptors (Lipinski definition) is 4. The first-order chi connectivity index (χ1) is 13.7. The SMILES string of the molecule is CCOc1ccc(/C=C/C(=O)Nc2ccc(N=Nc3ccccc3)cc2)cc1. The number of carbonyl (C=O) groups is 1. The molecule has 3 aromatic carbocycles. The summed E-state index contributed by atoms with van der Waals surface area (Å²) >= 11 is 0. The Morgan fingerprint density at radius 2 is 1.54 bits per heavy atom. The highest BCUT2D eigenvalue weighted by molar-refractivity contribution is 6.01. The summed E-state index contributed by atoms with van der Waals surface area (Å²) in [7, 11) is 0. The lowest BCUT2D eigenvalue weighted by atomic mass is 10.2. The number of ether oxygens (including phenoxy) is 1. The number of anilines is 1. The van der Waals surface area contributed by atoms with Crippen LogP contribution in [0, 0.1) is 0 Å². The molecule has 0 aliphatic rings. The first-order valence-corrected chi connectivity index (χ1v) is 9.02. The van der Waals surface area contributed by atoms with Gasteiger partial charge in [0.25, 0.3) is 0 Å². The second-order valence-electron chi connectivity index (χ2n) is 5.91. The maximum Gasteiger partial charge on any atom is 0.248 e. The van der Waals surface area contributed by atoms with Gasteiger partial charge in [0.2, 0.25) is 5.91 Å². The van der Waals surface area contributed by atoms with Gasteiger partial charge in [-0.15, -0.1) is 0 Å². The van der Waals surface area contributed by atoms with E-state index >= 15 is 0 Å². The number of amides is 1. The summed E-state index contributed by atoms with van der Waals surface area (Å²) in [5, 5.41) is 11.2. The molecule has 140 valence electrons. The average Bonchev–Trinajstić information content (AvgIpc) is 2.74. The molecule has 0 atom stereocenters. The van der Waals surface area contributed by atoms with Gasteiger partial charge in [-0.05, 0) is 67.1 Å². The normalized spacial score (nSPS) is 11.0. The zero-order valence-electron chi connectivity index (χ0n) is 15.6. The lowest BCUT2D eigenvalue weighted by Gasteiger charge is -2.03. The summed E-state index contributed by atoms with van der Waals surface area (Å²) in [6.45, 7) is 2.57. The van der Waals surface area contributed by atoms with Crippen molar-refractivity contribution in [3.63, 3.8) is 0 Å². The Morgan fingerprint density at radius 1 is 0.893 bits per heavy atom.